The van der Waals surface area contributed by atoms with Crippen molar-refractivity contribution in [2.45, 2.75) is 20.4 Å². The Kier molecular flexibility index (Phi) is 2.84. The molecule has 0 radical (unpaired) electrons. The van der Waals surface area contributed by atoms with E-state index in [0.717, 1.165) is 16.6 Å². The Morgan fingerprint density at radius 3 is 2.67 bits per heavy atom. The lowest BCUT2D eigenvalue weighted by molar-refractivity contribution is 0.822. The Hall–Kier alpha value is -2.94. The summed E-state index contributed by atoms with van der Waals surface area (Å²) in [5.41, 5.74) is 2.38. The van der Waals surface area contributed by atoms with Crippen LogP contribution in [0, 0.1) is 26.2 Å². The van der Waals surface area contributed by atoms with Crippen molar-refractivity contribution in [1.82, 2.24) is 19.5 Å². The maximum absolute atomic E-state index is 11.9. The highest BCUT2D eigenvalue weighted by atomic mass is 16.2. The molecule has 0 bridgehead atoms. The number of aromatic nitrogens is 4. The van der Waals surface area contributed by atoms with Crippen molar-refractivity contribution in [1.29, 1.82) is 0 Å². The predicted molar refractivity (Wildman–Crippen MR) is 79.3 cm³/mol. The van der Waals surface area contributed by atoms with Gasteiger partial charge in [-0.15, -0.1) is 6.42 Å². The number of rotatable bonds is 1. The Morgan fingerprint density at radius 2 is 1.95 bits per heavy atom. The second kappa shape index (κ2) is 4.56. The average Bonchev–Trinajstić information content (AvgIpc) is 2.42. The fraction of sp³-hybridized carbons (Fsp3) is 0.200. The van der Waals surface area contributed by atoms with Gasteiger partial charge >= 0.3 is 5.69 Å². The standard InChI is InChI=1S/C15H12N4O2/c1-4-5-19-11-7-9(3)8(2)6-10(11)16-12-13(19)17-15(21)18-14(12)20/h1,6-7H,5H2,2-3H3,(H,18,20,21). The van der Waals surface area contributed by atoms with Gasteiger partial charge in [-0.3, -0.25) is 9.78 Å². The lowest BCUT2D eigenvalue weighted by atomic mass is 10.1. The van der Waals surface area contributed by atoms with Crippen LogP contribution in [0.4, 0.5) is 0 Å². The van der Waals surface area contributed by atoms with E-state index in [-0.39, 0.29) is 18.1 Å². The predicted octanol–water partition coefficient (Wildman–Crippen LogP) is 0.835. The van der Waals surface area contributed by atoms with Gasteiger partial charge in [0.2, 0.25) is 0 Å². The normalized spacial score (nSPS) is 10.9. The number of terminal acetylenes is 1. The van der Waals surface area contributed by atoms with Gasteiger partial charge in [0.1, 0.15) is 0 Å². The van der Waals surface area contributed by atoms with E-state index in [1.165, 1.54) is 0 Å². The number of hydrogen-bond acceptors (Lipinski definition) is 4. The van der Waals surface area contributed by atoms with E-state index in [1.807, 2.05) is 26.0 Å². The van der Waals surface area contributed by atoms with Crippen LogP contribution in [-0.4, -0.2) is 19.5 Å². The monoisotopic (exact) mass is 280 g/mol. The minimum absolute atomic E-state index is 0.112. The first-order valence-electron chi connectivity index (χ1n) is 6.36. The molecular weight excluding hydrogens is 268 g/mol. The topological polar surface area (TPSA) is 80.6 Å². The van der Waals surface area contributed by atoms with Crippen LogP contribution in [0.15, 0.2) is 21.7 Å². The van der Waals surface area contributed by atoms with Gasteiger partial charge < -0.3 is 4.57 Å². The third kappa shape index (κ3) is 1.99. The lowest BCUT2D eigenvalue weighted by Crippen LogP contribution is -2.28. The number of fused-ring (bicyclic) bond motifs is 2. The van der Waals surface area contributed by atoms with Gasteiger partial charge in [0, 0.05) is 0 Å². The van der Waals surface area contributed by atoms with Crippen LogP contribution in [0.25, 0.3) is 22.6 Å². The lowest BCUT2D eigenvalue weighted by Gasteiger charge is -2.15. The van der Waals surface area contributed by atoms with Crippen molar-refractivity contribution >= 4 is 11.0 Å². The van der Waals surface area contributed by atoms with Crippen LogP contribution in [0.2, 0.25) is 0 Å². The molecule has 0 aromatic heterocycles. The molecule has 2 aliphatic rings. The molecule has 1 aromatic rings. The molecule has 0 saturated heterocycles. The first-order valence-corrected chi connectivity index (χ1v) is 6.36. The molecule has 2 heterocycles. The summed E-state index contributed by atoms with van der Waals surface area (Å²) in [5.74, 6) is 2.73. The molecular formula is C15H12N4O2. The molecule has 1 N–H and O–H groups in total. The summed E-state index contributed by atoms with van der Waals surface area (Å²) in [4.78, 5) is 33.7. The number of benzene rings is 1. The molecule has 6 nitrogen and oxygen atoms in total. The fourth-order valence-corrected chi connectivity index (χ4v) is 2.30. The molecule has 6 heteroatoms. The highest BCUT2D eigenvalue weighted by molar-refractivity contribution is 5.81. The van der Waals surface area contributed by atoms with Gasteiger partial charge in [-0.05, 0) is 37.1 Å². The number of nitrogens with one attached hydrogen (secondary N) is 1. The third-order valence-corrected chi connectivity index (χ3v) is 3.47. The zero-order valence-electron chi connectivity index (χ0n) is 11.6. The first-order chi connectivity index (χ1) is 10.0. The fourth-order valence-electron chi connectivity index (χ4n) is 2.30. The second-order valence-electron chi connectivity index (χ2n) is 4.87. The summed E-state index contributed by atoms with van der Waals surface area (Å²) in [7, 11) is 0. The van der Waals surface area contributed by atoms with Crippen LogP contribution in [0.3, 0.4) is 0 Å². The number of hydrogen-bond donors (Lipinski definition) is 1. The second-order valence-corrected chi connectivity index (χ2v) is 4.87. The van der Waals surface area contributed by atoms with Gasteiger partial charge in [-0.25, -0.2) is 9.78 Å². The Balaban J connectivity index is 2.59. The van der Waals surface area contributed by atoms with Crippen molar-refractivity contribution in [2.24, 2.45) is 0 Å². The first kappa shape index (κ1) is 13.1. The maximum atomic E-state index is 11.9. The van der Waals surface area contributed by atoms with Gasteiger partial charge in [0.05, 0.1) is 17.6 Å². The molecule has 0 fully saturated rings. The summed E-state index contributed by atoms with van der Waals surface area (Å²) in [5, 5.41) is 0. The molecule has 0 atom stereocenters. The summed E-state index contributed by atoms with van der Waals surface area (Å²) >= 11 is 0. The van der Waals surface area contributed by atoms with Crippen molar-refractivity contribution < 1.29 is 0 Å². The van der Waals surface area contributed by atoms with Crippen molar-refractivity contribution in [3.63, 3.8) is 0 Å². The number of aryl methyl sites for hydroxylation is 2. The zero-order valence-corrected chi connectivity index (χ0v) is 11.6. The summed E-state index contributed by atoms with van der Waals surface area (Å²) in [6, 6.07) is 3.82. The Labute approximate surface area is 119 Å². The Morgan fingerprint density at radius 1 is 1.24 bits per heavy atom. The highest BCUT2D eigenvalue weighted by Crippen LogP contribution is 2.23. The van der Waals surface area contributed by atoms with E-state index in [9.17, 15) is 9.59 Å². The van der Waals surface area contributed by atoms with Gasteiger partial charge in [-0.2, -0.15) is 4.98 Å². The van der Waals surface area contributed by atoms with E-state index in [1.54, 1.807) is 4.57 Å². The van der Waals surface area contributed by atoms with Gasteiger partial charge in [-0.1, -0.05) is 5.92 Å². The van der Waals surface area contributed by atoms with Crippen LogP contribution in [0.5, 0.6) is 0 Å². The zero-order chi connectivity index (χ0) is 15.1. The molecule has 0 spiro atoms. The molecule has 1 aromatic carbocycles. The maximum Gasteiger partial charge on any atom is 0.349 e. The number of aromatic amines is 1. The van der Waals surface area contributed by atoms with Crippen LogP contribution in [-0.2, 0) is 6.54 Å². The minimum atomic E-state index is -0.705. The smallest absolute Gasteiger partial charge is 0.311 e. The molecule has 0 saturated carbocycles. The minimum Gasteiger partial charge on any atom is -0.311 e. The van der Waals surface area contributed by atoms with Crippen molar-refractivity contribution in [3.05, 3.63) is 44.1 Å². The van der Waals surface area contributed by atoms with E-state index < -0.39 is 11.2 Å². The van der Waals surface area contributed by atoms with E-state index in [0.29, 0.717) is 5.52 Å². The molecule has 21 heavy (non-hydrogen) atoms. The molecule has 0 amide bonds. The van der Waals surface area contributed by atoms with Crippen LogP contribution < -0.4 is 11.2 Å². The van der Waals surface area contributed by atoms with E-state index >= 15 is 0 Å². The van der Waals surface area contributed by atoms with Crippen LogP contribution >= 0.6 is 0 Å². The van der Waals surface area contributed by atoms with Crippen LogP contribution in [0.1, 0.15) is 11.1 Å². The summed E-state index contributed by atoms with van der Waals surface area (Å²) in [6.45, 7) is 4.15. The van der Waals surface area contributed by atoms with E-state index in [4.69, 9.17) is 6.42 Å². The average molecular weight is 280 g/mol. The molecule has 2 aliphatic heterocycles. The SMILES string of the molecule is C#CCn1c2nc(=O)[nH]c(=O)c-2nc2cc(C)c(C)cc21. The number of H-pyrrole nitrogens is 1. The van der Waals surface area contributed by atoms with Gasteiger partial charge in [0.25, 0.3) is 5.56 Å². The summed E-state index contributed by atoms with van der Waals surface area (Å²) in [6.07, 6.45) is 5.40. The van der Waals surface area contributed by atoms with E-state index in [2.05, 4.69) is 20.9 Å². The largest absolute Gasteiger partial charge is 0.349 e. The van der Waals surface area contributed by atoms with Gasteiger partial charge in [0.15, 0.2) is 11.5 Å². The molecule has 3 rings (SSSR count). The molecule has 104 valence electrons. The number of nitrogens with zero attached hydrogens (tertiary/aromatic N) is 3. The van der Waals surface area contributed by atoms with Crippen molar-refractivity contribution in [3.8, 4) is 23.9 Å². The Bertz CT molecular complexity index is 991. The third-order valence-electron chi connectivity index (χ3n) is 3.47. The molecule has 0 unspecified atom stereocenters. The quantitative estimate of drug-likeness (QED) is 0.529. The summed E-state index contributed by atoms with van der Waals surface area (Å²) < 4.78 is 1.67. The highest BCUT2D eigenvalue weighted by Gasteiger charge is 2.18. The van der Waals surface area contributed by atoms with Crippen molar-refractivity contribution in [2.75, 3.05) is 0 Å². The molecule has 0 aliphatic carbocycles.